The van der Waals surface area contributed by atoms with Crippen LogP contribution in [-0.2, 0) is 19.5 Å². The van der Waals surface area contributed by atoms with E-state index in [0.717, 1.165) is 18.5 Å². The number of imidazole rings is 1. The first-order valence-corrected chi connectivity index (χ1v) is 6.08. The van der Waals surface area contributed by atoms with Crippen LogP contribution in [0.2, 0.25) is 0 Å². The van der Waals surface area contributed by atoms with Gasteiger partial charge < -0.3 is 0 Å². The minimum atomic E-state index is 0.0621. The van der Waals surface area contributed by atoms with Gasteiger partial charge in [-0.05, 0) is 24.5 Å². The molecule has 0 unspecified atom stereocenters. The van der Waals surface area contributed by atoms with Gasteiger partial charge in [0.25, 0.3) is 0 Å². The highest BCUT2D eigenvalue weighted by Crippen LogP contribution is 2.06. The Labute approximate surface area is 101 Å². The van der Waals surface area contributed by atoms with E-state index in [2.05, 4.69) is 31.2 Å². The molecule has 0 spiro atoms. The molecule has 0 fully saturated rings. The van der Waals surface area contributed by atoms with Gasteiger partial charge in [0.2, 0.25) is 0 Å². The molecule has 2 aromatic rings. The summed E-state index contributed by atoms with van der Waals surface area (Å²) in [6.45, 7) is 5.49. The molecule has 0 amide bonds. The summed E-state index contributed by atoms with van der Waals surface area (Å²) < 4.78 is 3.45. The summed E-state index contributed by atoms with van der Waals surface area (Å²) in [6, 6.07) is 8.43. The lowest BCUT2D eigenvalue weighted by Crippen LogP contribution is -2.23. The van der Waals surface area contributed by atoms with Crippen molar-refractivity contribution < 1.29 is 0 Å². The molecule has 2 rings (SSSR count). The summed E-state index contributed by atoms with van der Waals surface area (Å²) in [5, 5.41) is 0. The summed E-state index contributed by atoms with van der Waals surface area (Å²) in [4.78, 5) is 11.9. The third kappa shape index (κ3) is 2.49. The van der Waals surface area contributed by atoms with Crippen molar-refractivity contribution in [3.05, 3.63) is 58.3 Å². The molecular formula is C14H18N2O. The lowest BCUT2D eigenvalue weighted by molar-refractivity contribution is 0.668. The van der Waals surface area contributed by atoms with E-state index in [0.29, 0.717) is 6.54 Å². The number of hydrogen-bond acceptors (Lipinski definition) is 1. The first kappa shape index (κ1) is 11.7. The molecule has 0 saturated heterocycles. The van der Waals surface area contributed by atoms with E-state index in [1.54, 1.807) is 9.13 Å². The van der Waals surface area contributed by atoms with Crippen LogP contribution in [0, 0.1) is 0 Å². The molecule has 90 valence electrons. The molecule has 1 heterocycles. The van der Waals surface area contributed by atoms with Gasteiger partial charge >= 0.3 is 5.69 Å². The van der Waals surface area contributed by atoms with E-state index in [-0.39, 0.29) is 5.69 Å². The fourth-order valence-electron chi connectivity index (χ4n) is 1.89. The summed E-state index contributed by atoms with van der Waals surface area (Å²) >= 11 is 0. The Hall–Kier alpha value is -1.77. The largest absolute Gasteiger partial charge is 0.328 e. The SMILES string of the molecule is CCc1ccc(Cn2ccn(CC)c2=O)cc1. The molecule has 0 aliphatic rings. The van der Waals surface area contributed by atoms with Gasteiger partial charge in [0.1, 0.15) is 0 Å². The highest BCUT2D eigenvalue weighted by Gasteiger charge is 2.02. The van der Waals surface area contributed by atoms with Crippen molar-refractivity contribution in [2.45, 2.75) is 33.4 Å². The standard InChI is InChI=1S/C14H18N2O/c1-3-12-5-7-13(8-6-12)11-16-10-9-15(4-2)14(16)17/h5-10H,3-4,11H2,1-2H3. The molecule has 0 saturated carbocycles. The second-order valence-corrected chi connectivity index (χ2v) is 4.16. The maximum Gasteiger partial charge on any atom is 0.328 e. The van der Waals surface area contributed by atoms with Crippen molar-refractivity contribution >= 4 is 0 Å². The monoisotopic (exact) mass is 230 g/mol. The number of rotatable bonds is 4. The van der Waals surface area contributed by atoms with Gasteiger partial charge in [-0.15, -0.1) is 0 Å². The van der Waals surface area contributed by atoms with E-state index < -0.39 is 0 Å². The quantitative estimate of drug-likeness (QED) is 0.791. The van der Waals surface area contributed by atoms with E-state index in [9.17, 15) is 4.79 Å². The lowest BCUT2D eigenvalue weighted by atomic mass is 10.1. The highest BCUT2D eigenvalue weighted by molar-refractivity contribution is 5.22. The fraction of sp³-hybridized carbons (Fsp3) is 0.357. The maximum absolute atomic E-state index is 11.9. The van der Waals surface area contributed by atoms with E-state index in [1.165, 1.54) is 5.56 Å². The third-order valence-corrected chi connectivity index (χ3v) is 3.04. The number of hydrogen-bond donors (Lipinski definition) is 0. The fourth-order valence-corrected chi connectivity index (χ4v) is 1.89. The van der Waals surface area contributed by atoms with Crippen LogP contribution in [0.3, 0.4) is 0 Å². The zero-order valence-corrected chi connectivity index (χ0v) is 10.4. The summed E-state index contributed by atoms with van der Waals surface area (Å²) in [6.07, 6.45) is 4.73. The van der Waals surface area contributed by atoms with E-state index >= 15 is 0 Å². The number of nitrogens with zero attached hydrogens (tertiary/aromatic N) is 2. The smallest absolute Gasteiger partial charge is 0.300 e. The van der Waals surface area contributed by atoms with Crippen LogP contribution < -0.4 is 5.69 Å². The zero-order chi connectivity index (χ0) is 12.3. The molecule has 3 heteroatoms. The molecular weight excluding hydrogens is 212 g/mol. The van der Waals surface area contributed by atoms with Crippen LogP contribution in [0.4, 0.5) is 0 Å². The Kier molecular flexibility index (Phi) is 3.47. The molecule has 0 aliphatic carbocycles. The van der Waals surface area contributed by atoms with Gasteiger partial charge in [0.05, 0.1) is 6.54 Å². The van der Waals surface area contributed by atoms with Gasteiger partial charge in [0, 0.05) is 18.9 Å². The van der Waals surface area contributed by atoms with Gasteiger partial charge in [-0.1, -0.05) is 31.2 Å². The minimum absolute atomic E-state index is 0.0621. The second kappa shape index (κ2) is 5.04. The van der Waals surface area contributed by atoms with Crippen LogP contribution in [0.5, 0.6) is 0 Å². The Morgan fingerprint density at radius 2 is 1.53 bits per heavy atom. The van der Waals surface area contributed by atoms with Crippen molar-refractivity contribution in [2.24, 2.45) is 0 Å². The predicted octanol–water partition coefficient (Wildman–Crippen LogP) is 2.28. The molecule has 0 radical (unpaired) electrons. The number of benzene rings is 1. The van der Waals surface area contributed by atoms with Crippen molar-refractivity contribution in [1.82, 2.24) is 9.13 Å². The Balaban J connectivity index is 2.19. The minimum Gasteiger partial charge on any atom is -0.300 e. The lowest BCUT2D eigenvalue weighted by Gasteiger charge is -2.03. The number of aromatic nitrogens is 2. The van der Waals surface area contributed by atoms with Gasteiger partial charge in [-0.2, -0.15) is 0 Å². The maximum atomic E-state index is 11.9. The van der Waals surface area contributed by atoms with Crippen LogP contribution >= 0.6 is 0 Å². The topological polar surface area (TPSA) is 26.9 Å². The van der Waals surface area contributed by atoms with E-state index in [4.69, 9.17) is 0 Å². The molecule has 3 nitrogen and oxygen atoms in total. The molecule has 1 aromatic carbocycles. The Morgan fingerprint density at radius 1 is 0.941 bits per heavy atom. The van der Waals surface area contributed by atoms with Crippen LogP contribution in [0.1, 0.15) is 25.0 Å². The van der Waals surface area contributed by atoms with Crippen LogP contribution in [0.15, 0.2) is 41.5 Å². The Bertz CT molecular complexity index is 534. The zero-order valence-electron chi connectivity index (χ0n) is 10.4. The Morgan fingerprint density at radius 3 is 2.06 bits per heavy atom. The predicted molar refractivity (Wildman–Crippen MR) is 69.3 cm³/mol. The average molecular weight is 230 g/mol. The highest BCUT2D eigenvalue weighted by atomic mass is 16.1. The molecule has 0 aliphatic heterocycles. The molecule has 0 N–H and O–H groups in total. The van der Waals surface area contributed by atoms with Gasteiger partial charge in [0.15, 0.2) is 0 Å². The molecule has 0 atom stereocenters. The summed E-state index contributed by atoms with van der Waals surface area (Å²) in [5.74, 6) is 0. The molecule has 1 aromatic heterocycles. The molecule has 0 bridgehead atoms. The second-order valence-electron chi connectivity index (χ2n) is 4.16. The normalized spacial score (nSPS) is 10.7. The van der Waals surface area contributed by atoms with Crippen LogP contribution in [0.25, 0.3) is 0 Å². The van der Waals surface area contributed by atoms with E-state index in [1.807, 2.05) is 19.3 Å². The van der Waals surface area contributed by atoms with Gasteiger partial charge in [-0.3, -0.25) is 9.13 Å². The van der Waals surface area contributed by atoms with Crippen LogP contribution in [-0.4, -0.2) is 9.13 Å². The van der Waals surface area contributed by atoms with Crippen molar-refractivity contribution in [2.75, 3.05) is 0 Å². The summed E-state index contributed by atoms with van der Waals surface area (Å²) in [7, 11) is 0. The molecule has 17 heavy (non-hydrogen) atoms. The first-order chi connectivity index (χ1) is 8.24. The first-order valence-electron chi connectivity index (χ1n) is 6.08. The summed E-state index contributed by atoms with van der Waals surface area (Å²) in [5.41, 5.74) is 2.55. The van der Waals surface area contributed by atoms with Crippen molar-refractivity contribution in [3.8, 4) is 0 Å². The average Bonchev–Trinajstić information content (AvgIpc) is 2.71. The van der Waals surface area contributed by atoms with Gasteiger partial charge in [-0.25, -0.2) is 4.79 Å². The van der Waals surface area contributed by atoms with Crippen molar-refractivity contribution in [1.29, 1.82) is 0 Å². The third-order valence-electron chi connectivity index (χ3n) is 3.04. The number of aryl methyl sites for hydroxylation is 2. The van der Waals surface area contributed by atoms with Crippen molar-refractivity contribution in [3.63, 3.8) is 0 Å².